The lowest BCUT2D eigenvalue weighted by atomic mass is 10.3. The van der Waals surface area contributed by atoms with E-state index in [4.69, 9.17) is 0 Å². The molecule has 1 heterocycles. The molecule has 3 rings (SSSR count). The van der Waals surface area contributed by atoms with Crippen molar-refractivity contribution >= 4 is 33.4 Å². The molecule has 0 aromatic heterocycles. The molecule has 0 bridgehead atoms. The van der Waals surface area contributed by atoms with Crippen molar-refractivity contribution in [3.63, 3.8) is 0 Å². The largest absolute Gasteiger partial charge is 0.312 e. The molecule has 8 heteroatoms. The first kappa shape index (κ1) is 19.9. The van der Waals surface area contributed by atoms with Gasteiger partial charge in [0.05, 0.1) is 4.90 Å². The molecule has 1 fully saturated rings. The Hall–Kier alpha value is -1.90. The predicted octanol–water partition coefficient (Wildman–Crippen LogP) is 3.41. The van der Waals surface area contributed by atoms with Gasteiger partial charge in [-0.25, -0.2) is 17.5 Å². The van der Waals surface area contributed by atoms with E-state index in [2.05, 4.69) is 4.72 Å². The number of nitrogens with zero attached hydrogens (tertiary/aromatic N) is 1. The molecular weight excluding hydrogens is 387 g/mol. The number of halogens is 1. The average molecular weight is 409 g/mol. The van der Waals surface area contributed by atoms with E-state index in [-0.39, 0.29) is 16.6 Å². The summed E-state index contributed by atoms with van der Waals surface area (Å²) < 4.78 is 40.2. The van der Waals surface area contributed by atoms with Gasteiger partial charge in [0.25, 0.3) is 0 Å². The van der Waals surface area contributed by atoms with Gasteiger partial charge in [-0.05, 0) is 67.1 Å². The maximum atomic E-state index is 12.8. The minimum Gasteiger partial charge on any atom is -0.312 e. The zero-order chi connectivity index (χ0) is 19.3. The summed E-state index contributed by atoms with van der Waals surface area (Å²) >= 11 is 1.55. The van der Waals surface area contributed by atoms with Crippen LogP contribution in [-0.2, 0) is 14.8 Å². The minimum atomic E-state index is -3.58. The summed E-state index contributed by atoms with van der Waals surface area (Å²) in [4.78, 5) is 14.6. The van der Waals surface area contributed by atoms with Crippen molar-refractivity contribution in [1.82, 2.24) is 4.72 Å². The first-order valence-electron chi connectivity index (χ1n) is 8.74. The second-order valence-electron chi connectivity index (χ2n) is 6.20. The molecule has 1 amide bonds. The summed E-state index contributed by atoms with van der Waals surface area (Å²) in [6, 6.07) is 12.6. The molecule has 0 unspecified atom stereocenters. The normalized spacial score (nSPS) is 14.7. The van der Waals surface area contributed by atoms with Gasteiger partial charge in [-0.15, -0.1) is 11.8 Å². The zero-order valence-corrected chi connectivity index (χ0v) is 16.4. The van der Waals surface area contributed by atoms with Crippen LogP contribution in [0.1, 0.15) is 19.3 Å². The van der Waals surface area contributed by atoms with Gasteiger partial charge in [0.2, 0.25) is 15.9 Å². The average Bonchev–Trinajstić information content (AvgIpc) is 3.09. The molecule has 0 spiro atoms. The maximum absolute atomic E-state index is 12.8. The monoisotopic (exact) mass is 408 g/mol. The second-order valence-corrected chi connectivity index (χ2v) is 9.13. The molecule has 144 valence electrons. The molecule has 0 radical (unpaired) electrons. The SMILES string of the molecule is O=C1CCCN1c1ccc(S(=O)(=O)NCCCSc2ccc(F)cc2)cc1. The number of anilines is 1. The van der Waals surface area contributed by atoms with Crippen LogP contribution in [-0.4, -0.2) is 33.2 Å². The Bertz CT molecular complexity index is 884. The van der Waals surface area contributed by atoms with Gasteiger partial charge in [0.15, 0.2) is 0 Å². The van der Waals surface area contributed by atoms with Gasteiger partial charge in [-0.2, -0.15) is 0 Å². The van der Waals surface area contributed by atoms with E-state index in [0.29, 0.717) is 25.9 Å². The number of benzene rings is 2. The minimum absolute atomic E-state index is 0.0717. The maximum Gasteiger partial charge on any atom is 0.240 e. The Balaban J connectivity index is 1.47. The van der Waals surface area contributed by atoms with Gasteiger partial charge < -0.3 is 4.90 Å². The first-order chi connectivity index (χ1) is 13.0. The van der Waals surface area contributed by atoms with Crippen molar-refractivity contribution in [1.29, 1.82) is 0 Å². The second kappa shape index (κ2) is 8.86. The molecular formula is C19H21FN2O3S2. The van der Waals surface area contributed by atoms with Crippen LogP contribution < -0.4 is 9.62 Å². The van der Waals surface area contributed by atoms with Crippen LogP contribution in [0.25, 0.3) is 0 Å². The highest BCUT2D eigenvalue weighted by atomic mass is 32.2. The number of sulfonamides is 1. The number of hydrogen-bond donors (Lipinski definition) is 1. The quantitative estimate of drug-likeness (QED) is 0.537. The lowest BCUT2D eigenvalue weighted by molar-refractivity contribution is -0.117. The Morgan fingerprint density at radius 2 is 1.78 bits per heavy atom. The molecule has 2 aromatic rings. The lowest BCUT2D eigenvalue weighted by Gasteiger charge is -2.16. The summed E-state index contributed by atoms with van der Waals surface area (Å²) in [5.74, 6) is 0.527. The highest BCUT2D eigenvalue weighted by molar-refractivity contribution is 7.99. The standard InChI is InChI=1S/C19H21FN2O3S2/c20-15-4-8-17(9-5-15)26-14-2-12-21-27(24,25)18-10-6-16(7-11-18)22-13-1-3-19(22)23/h4-11,21H,1-3,12-14H2. The molecule has 1 N–H and O–H groups in total. The number of thioether (sulfide) groups is 1. The number of rotatable bonds is 8. The highest BCUT2D eigenvalue weighted by Crippen LogP contribution is 2.23. The smallest absolute Gasteiger partial charge is 0.240 e. The zero-order valence-electron chi connectivity index (χ0n) is 14.7. The number of amides is 1. The Labute approximate surface area is 163 Å². The van der Waals surface area contributed by atoms with Crippen molar-refractivity contribution in [3.05, 3.63) is 54.3 Å². The molecule has 1 aliphatic rings. The van der Waals surface area contributed by atoms with Crippen LogP contribution >= 0.6 is 11.8 Å². The van der Waals surface area contributed by atoms with Crippen LogP contribution in [0, 0.1) is 5.82 Å². The van der Waals surface area contributed by atoms with Gasteiger partial charge >= 0.3 is 0 Å². The van der Waals surface area contributed by atoms with Crippen molar-refractivity contribution in [2.24, 2.45) is 0 Å². The van der Waals surface area contributed by atoms with Crippen LogP contribution in [0.15, 0.2) is 58.3 Å². The number of nitrogens with one attached hydrogen (secondary N) is 1. The van der Waals surface area contributed by atoms with Gasteiger partial charge in [-0.1, -0.05) is 0 Å². The van der Waals surface area contributed by atoms with E-state index >= 15 is 0 Å². The Morgan fingerprint density at radius 3 is 2.41 bits per heavy atom. The molecule has 27 heavy (non-hydrogen) atoms. The van der Waals surface area contributed by atoms with E-state index in [1.165, 1.54) is 24.3 Å². The van der Waals surface area contributed by atoms with Crippen LogP contribution in [0.5, 0.6) is 0 Å². The molecule has 1 aliphatic heterocycles. The summed E-state index contributed by atoms with van der Waals surface area (Å²) in [7, 11) is -3.58. The predicted molar refractivity (Wildman–Crippen MR) is 105 cm³/mol. The molecule has 5 nitrogen and oxygen atoms in total. The van der Waals surface area contributed by atoms with E-state index in [9.17, 15) is 17.6 Å². The molecule has 2 aromatic carbocycles. The fourth-order valence-corrected chi connectivity index (χ4v) is 4.74. The summed E-state index contributed by atoms with van der Waals surface area (Å²) in [6.45, 7) is 0.998. The first-order valence-corrected chi connectivity index (χ1v) is 11.2. The summed E-state index contributed by atoms with van der Waals surface area (Å²) in [5, 5.41) is 0. The van der Waals surface area contributed by atoms with Crippen molar-refractivity contribution < 1.29 is 17.6 Å². The topological polar surface area (TPSA) is 66.5 Å². The lowest BCUT2D eigenvalue weighted by Crippen LogP contribution is -2.26. The number of carbonyl (C=O) groups is 1. The molecule has 0 atom stereocenters. The van der Waals surface area contributed by atoms with Crippen LogP contribution in [0.2, 0.25) is 0 Å². The Kier molecular flexibility index (Phi) is 6.51. The Morgan fingerprint density at radius 1 is 1.07 bits per heavy atom. The van der Waals surface area contributed by atoms with E-state index in [1.807, 2.05) is 0 Å². The fourth-order valence-electron chi connectivity index (χ4n) is 2.81. The summed E-state index contributed by atoms with van der Waals surface area (Å²) in [6.07, 6.45) is 2.02. The van der Waals surface area contributed by atoms with Crippen LogP contribution in [0.3, 0.4) is 0 Å². The number of carbonyl (C=O) groups excluding carboxylic acids is 1. The van der Waals surface area contributed by atoms with E-state index in [1.54, 1.807) is 40.9 Å². The molecule has 0 aliphatic carbocycles. The van der Waals surface area contributed by atoms with Gasteiger partial charge in [-0.3, -0.25) is 4.79 Å². The van der Waals surface area contributed by atoms with Gasteiger partial charge in [0.1, 0.15) is 5.82 Å². The third-order valence-corrected chi connectivity index (χ3v) is 6.80. The highest BCUT2D eigenvalue weighted by Gasteiger charge is 2.22. The summed E-state index contributed by atoms with van der Waals surface area (Å²) in [5.41, 5.74) is 0.729. The van der Waals surface area contributed by atoms with E-state index < -0.39 is 10.0 Å². The van der Waals surface area contributed by atoms with Gasteiger partial charge in [0, 0.05) is 30.1 Å². The van der Waals surface area contributed by atoms with Crippen molar-refractivity contribution in [2.75, 3.05) is 23.7 Å². The van der Waals surface area contributed by atoms with E-state index in [0.717, 1.165) is 22.8 Å². The fraction of sp³-hybridized carbons (Fsp3) is 0.316. The van der Waals surface area contributed by atoms with Crippen LogP contribution in [0.4, 0.5) is 10.1 Å². The number of hydrogen-bond acceptors (Lipinski definition) is 4. The third kappa shape index (κ3) is 5.31. The van der Waals surface area contributed by atoms with Crippen molar-refractivity contribution in [2.45, 2.75) is 29.1 Å². The molecule has 1 saturated heterocycles. The third-order valence-electron chi connectivity index (χ3n) is 4.23. The van der Waals surface area contributed by atoms with Crippen molar-refractivity contribution in [3.8, 4) is 0 Å². The molecule has 0 saturated carbocycles.